The molecule has 0 aliphatic carbocycles. The second kappa shape index (κ2) is 6.29. The number of nitro groups is 1. The summed E-state index contributed by atoms with van der Waals surface area (Å²) in [4.78, 5) is 23.0. The summed E-state index contributed by atoms with van der Waals surface area (Å²) in [5, 5.41) is 18.8. The fourth-order valence-corrected chi connectivity index (χ4v) is 2.33. The van der Waals surface area contributed by atoms with Gasteiger partial charge in [0.2, 0.25) is 5.91 Å². The first-order valence-electron chi connectivity index (χ1n) is 6.07. The van der Waals surface area contributed by atoms with Crippen LogP contribution in [0.1, 0.15) is 12.6 Å². The molecule has 0 spiro atoms. The van der Waals surface area contributed by atoms with Crippen LogP contribution in [0.15, 0.2) is 18.3 Å². The Morgan fingerprint density at radius 2 is 2.14 bits per heavy atom. The van der Waals surface area contributed by atoms with E-state index >= 15 is 0 Å². The molecule has 116 valence electrons. The number of carbonyl (C=O) groups is 1. The molecule has 0 unspecified atom stereocenters. The molecule has 8 nitrogen and oxygen atoms in total. The number of hydrogen-bond acceptors (Lipinski definition) is 5. The lowest BCUT2D eigenvalue weighted by molar-refractivity contribution is -0.384. The van der Waals surface area contributed by atoms with E-state index in [1.165, 1.54) is 34.8 Å². The lowest BCUT2D eigenvalue weighted by atomic mass is 10.2. The van der Waals surface area contributed by atoms with Crippen molar-refractivity contribution in [1.82, 2.24) is 19.9 Å². The zero-order valence-corrected chi connectivity index (χ0v) is 13.2. The zero-order valence-electron chi connectivity index (χ0n) is 11.7. The van der Waals surface area contributed by atoms with Gasteiger partial charge < -0.3 is 4.90 Å². The number of amides is 1. The number of nitro benzene ring substituents is 1. The van der Waals surface area contributed by atoms with E-state index in [0.717, 1.165) is 0 Å². The molecule has 0 aliphatic rings. The van der Waals surface area contributed by atoms with Gasteiger partial charge in [-0.2, -0.15) is 0 Å². The summed E-state index contributed by atoms with van der Waals surface area (Å²) in [6, 6.07) is 2.58. The molecule has 1 aromatic carbocycles. The summed E-state index contributed by atoms with van der Waals surface area (Å²) in [5.41, 5.74) is 0.386. The van der Waals surface area contributed by atoms with Crippen molar-refractivity contribution in [2.24, 2.45) is 0 Å². The Morgan fingerprint density at radius 3 is 2.73 bits per heavy atom. The van der Waals surface area contributed by atoms with Crippen molar-refractivity contribution in [1.29, 1.82) is 0 Å². The molecule has 10 heteroatoms. The standard InChI is InChI=1S/C12H11Cl2N5O3/c1-7(20)17(2)5-8-6-18(16-15-8)12-9(13)3-4-10(11(12)14)19(21)22/h3-4,6H,5H2,1-2H3. The lowest BCUT2D eigenvalue weighted by Gasteiger charge is -2.11. The van der Waals surface area contributed by atoms with Crippen LogP contribution in [0.25, 0.3) is 5.69 Å². The van der Waals surface area contributed by atoms with Crippen molar-refractivity contribution in [3.05, 3.63) is 44.2 Å². The van der Waals surface area contributed by atoms with Crippen LogP contribution in [0, 0.1) is 10.1 Å². The first-order valence-corrected chi connectivity index (χ1v) is 6.82. The first-order chi connectivity index (χ1) is 10.3. The van der Waals surface area contributed by atoms with E-state index in [4.69, 9.17) is 23.2 Å². The number of rotatable bonds is 4. The van der Waals surface area contributed by atoms with E-state index in [-0.39, 0.29) is 33.9 Å². The van der Waals surface area contributed by atoms with Gasteiger partial charge in [0.25, 0.3) is 5.69 Å². The van der Waals surface area contributed by atoms with Crippen LogP contribution in [0.4, 0.5) is 5.69 Å². The van der Waals surface area contributed by atoms with Crippen molar-refractivity contribution in [2.45, 2.75) is 13.5 Å². The average molecular weight is 344 g/mol. The minimum absolute atomic E-state index is 0.124. The summed E-state index contributed by atoms with van der Waals surface area (Å²) >= 11 is 12.1. The molecule has 22 heavy (non-hydrogen) atoms. The SMILES string of the molecule is CC(=O)N(C)Cc1cn(-c2c(Cl)ccc([N+](=O)[O-])c2Cl)nn1. The van der Waals surface area contributed by atoms with Crippen LogP contribution in [0.2, 0.25) is 10.0 Å². The normalized spacial score (nSPS) is 10.5. The molecule has 0 N–H and O–H groups in total. The van der Waals surface area contributed by atoms with Crippen molar-refractivity contribution >= 4 is 34.8 Å². The molecule has 0 bridgehead atoms. The number of aromatic nitrogens is 3. The van der Waals surface area contributed by atoms with E-state index in [1.54, 1.807) is 7.05 Å². The van der Waals surface area contributed by atoms with Gasteiger partial charge in [0, 0.05) is 20.0 Å². The molecular weight excluding hydrogens is 333 g/mol. The number of halogens is 2. The maximum atomic E-state index is 11.2. The molecule has 2 rings (SSSR count). The third-order valence-electron chi connectivity index (χ3n) is 2.95. The van der Waals surface area contributed by atoms with Crippen LogP contribution in [-0.4, -0.2) is 37.8 Å². The molecule has 2 aromatic rings. The Kier molecular flexibility index (Phi) is 4.62. The average Bonchev–Trinajstić information content (AvgIpc) is 2.86. The predicted molar refractivity (Wildman–Crippen MR) is 80.2 cm³/mol. The summed E-state index contributed by atoms with van der Waals surface area (Å²) in [6.07, 6.45) is 1.51. The smallest absolute Gasteiger partial charge is 0.290 e. The highest BCUT2D eigenvalue weighted by Gasteiger charge is 2.21. The second-order valence-electron chi connectivity index (χ2n) is 4.52. The Morgan fingerprint density at radius 1 is 1.45 bits per heavy atom. The largest absolute Gasteiger partial charge is 0.340 e. The van der Waals surface area contributed by atoms with E-state index in [9.17, 15) is 14.9 Å². The Labute approximate surface area is 135 Å². The molecule has 0 atom stereocenters. The summed E-state index contributed by atoms with van der Waals surface area (Å²) in [5.74, 6) is -0.124. The Hall–Kier alpha value is -2.19. The second-order valence-corrected chi connectivity index (χ2v) is 5.30. The van der Waals surface area contributed by atoms with E-state index in [0.29, 0.717) is 5.69 Å². The van der Waals surface area contributed by atoms with Crippen LogP contribution in [0.3, 0.4) is 0 Å². The molecule has 1 aromatic heterocycles. The minimum atomic E-state index is -0.608. The van der Waals surface area contributed by atoms with Crippen molar-refractivity contribution in [3.63, 3.8) is 0 Å². The van der Waals surface area contributed by atoms with Gasteiger partial charge in [-0.1, -0.05) is 28.4 Å². The number of nitrogens with zero attached hydrogens (tertiary/aromatic N) is 5. The van der Waals surface area contributed by atoms with Gasteiger partial charge in [0.15, 0.2) is 0 Å². The molecule has 0 aliphatic heterocycles. The number of benzene rings is 1. The summed E-state index contributed by atoms with van der Waals surface area (Å²) < 4.78 is 1.25. The highest BCUT2D eigenvalue weighted by molar-refractivity contribution is 6.39. The fraction of sp³-hybridized carbons (Fsp3) is 0.250. The van der Waals surface area contributed by atoms with E-state index in [1.807, 2.05) is 0 Å². The minimum Gasteiger partial charge on any atom is -0.340 e. The van der Waals surface area contributed by atoms with Crippen LogP contribution in [-0.2, 0) is 11.3 Å². The van der Waals surface area contributed by atoms with Gasteiger partial charge in [-0.25, -0.2) is 4.68 Å². The lowest BCUT2D eigenvalue weighted by Crippen LogP contribution is -2.23. The molecule has 1 amide bonds. The highest BCUT2D eigenvalue weighted by Crippen LogP contribution is 2.35. The maximum Gasteiger partial charge on any atom is 0.290 e. The third kappa shape index (κ3) is 3.18. The van der Waals surface area contributed by atoms with Crippen LogP contribution in [0.5, 0.6) is 0 Å². The zero-order chi connectivity index (χ0) is 16.4. The van der Waals surface area contributed by atoms with Crippen LogP contribution >= 0.6 is 23.2 Å². The van der Waals surface area contributed by atoms with Crippen LogP contribution < -0.4 is 0 Å². The van der Waals surface area contributed by atoms with E-state index < -0.39 is 4.92 Å². The molecule has 0 fully saturated rings. The highest BCUT2D eigenvalue weighted by atomic mass is 35.5. The van der Waals surface area contributed by atoms with Crippen molar-refractivity contribution < 1.29 is 9.72 Å². The molecular formula is C12H11Cl2N5O3. The van der Waals surface area contributed by atoms with Gasteiger partial charge in [0.05, 0.1) is 22.7 Å². The number of hydrogen-bond donors (Lipinski definition) is 0. The van der Waals surface area contributed by atoms with Gasteiger partial charge in [-0.05, 0) is 6.07 Å². The summed E-state index contributed by atoms with van der Waals surface area (Å²) in [6.45, 7) is 1.68. The van der Waals surface area contributed by atoms with Crippen molar-refractivity contribution in [2.75, 3.05) is 7.05 Å². The molecule has 1 heterocycles. The first kappa shape index (κ1) is 16.2. The molecule has 0 saturated heterocycles. The van der Waals surface area contributed by atoms with Crippen molar-refractivity contribution in [3.8, 4) is 5.69 Å². The molecule has 0 saturated carbocycles. The predicted octanol–water partition coefficient (Wildman–Crippen LogP) is 2.46. The van der Waals surface area contributed by atoms with Gasteiger partial charge in [0.1, 0.15) is 16.4 Å². The fourth-order valence-electron chi connectivity index (χ4n) is 1.72. The Balaban J connectivity index is 2.41. The van der Waals surface area contributed by atoms with E-state index in [2.05, 4.69) is 10.3 Å². The third-order valence-corrected chi connectivity index (χ3v) is 3.63. The monoisotopic (exact) mass is 343 g/mol. The quantitative estimate of drug-likeness (QED) is 0.627. The van der Waals surface area contributed by atoms with Gasteiger partial charge in [-0.15, -0.1) is 5.10 Å². The van der Waals surface area contributed by atoms with Gasteiger partial charge >= 0.3 is 0 Å². The molecule has 0 radical (unpaired) electrons. The number of carbonyl (C=O) groups excluding carboxylic acids is 1. The Bertz CT molecular complexity index is 746. The van der Waals surface area contributed by atoms with Gasteiger partial charge in [-0.3, -0.25) is 14.9 Å². The summed E-state index contributed by atoms with van der Waals surface area (Å²) in [7, 11) is 1.62. The maximum absolute atomic E-state index is 11.2. The topological polar surface area (TPSA) is 94.2 Å².